The van der Waals surface area contributed by atoms with Gasteiger partial charge in [0.15, 0.2) is 5.78 Å². The zero-order chi connectivity index (χ0) is 15.4. The fourth-order valence-corrected chi connectivity index (χ4v) is 2.43. The van der Waals surface area contributed by atoms with Crippen molar-refractivity contribution in [3.8, 4) is 6.07 Å². The summed E-state index contributed by atoms with van der Waals surface area (Å²) in [4.78, 5) is 13.7. The Morgan fingerprint density at radius 2 is 1.90 bits per heavy atom. The number of anilines is 1. The molecule has 0 atom stereocenters. The first-order chi connectivity index (χ1) is 10.0. The summed E-state index contributed by atoms with van der Waals surface area (Å²) >= 11 is 3.41. The van der Waals surface area contributed by atoms with Gasteiger partial charge in [0, 0.05) is 29.3 Å². The van der Waals surface area contributed by atoms with E-state index in [1.165, 1.54) is 0 Å². The second kappa shape index (κ2) is 6.55. The number of rotatable bonds is 4. The number of hydrogen-bond donors (Lipinski definition) is 0. The summed E-state index contributed by atoms with van der Waals surface area (Å²) < 4.78 is 1.03. The highest BCUT2D eigenvalue weighted by atomic mass is 79.9. The van der Waals surface area contributed by atoms with Crippen molar-refractivity contribution in [2.75, 3.05) is 11.9 Å². The quantitative estimate of drug-likeness (QED) is 0.783. The lowest BCUT2D eigenvalue weighted by atomic mass is 10.0. The molecule has 4 heteroatoms. The highest BCUT2D eigenvalue weighted by molar-refractivity contribution is 9.10. The number of carbonyl (C=O) groups excluding carboxylic acids is 1. The van der Waals surface area contributed by atoms with Gasteiger partial charge in [-0.1, -0.05) is 28.1 Å². The Balaban J connectivity index is 2.33. The second-order valence-corrected chi connectivity index (χ2v) is 5.80. The minimum atomic E-state index is -0.00264. The lowest BCUT2D eigenvalue weighted by molar-refractivity contribution is 0.101. The van der Waals surface area contributed by atoms with Gasteiger partial charge in [0.25, 0.3) is 0 Å². The van der Waals surface area contributed by atoms with Gasteiger partial charge in [-0.3, -0.25) is 4.79 Å². The Morgan fingerprint density at radius 1 is 1.24 bits per heavy atom. The summed E-state index contributed by atoms with van der Waals surface area (Å²) in [7, 11) is 1.92. The maximum absolute atomic E-state index is 11.8. The lowest BCUT2D eigenvalue weighted by Gasteiger charge is -2.22. The molecule has 0 fully saturated rings. The molecule has 0 heterocycles. The van der Waals surface area contributed by atoms with E-state index in [-0.39, 0.29) is 5.78 Å². The van der Waals surface area contributed by atoms with Crippen LogP contribution in [0.25, 0.3) is 0 Å². The minimum Gasteiger partial charge on any atom is -0.370 e. The molecule has 21 heavy (non-hydrogen) atoms. The maximum Gasteiger partial charge on any atom is 0.161 e. The molecule has 106 valence electrons. The molecule has 0 radical (unpaired) electrons. The van der Waals surface area contributed by atoms with E-state index in [4.69, 9.17) is 5.26 Å². The van der Waals surface area contributed by atoms with E-state index in [1.54, 1.807) is 25.1 Å². The number of carbonyl (C=O) groups is 1. The van der Waals surface area contributed by atoms with Crippen LogP contribution in [0.15, 0.2) is 46.9 Å². The van der Waals surface area contributed by atoms with Gasteiger partial charge in [-0.05, 0) is 42.8 Å². The third-order valence-electron chi connectivity index (χ3n) is 3.25. The zero-order valence-corrected chi connectivity index (χ0v) is 13.5. The molecule has 2 aromatic rings. The van der Waals surface area contributed by atoms with E-state index in [0.29, 0.717) is 17.7 Å². The van der Waals surface area contributed by atoms with Crippen LogP contribution in [-0.4, -0.2) is 12.8 Å². The van der Waals surface area contributed by atoms with E-state index in [2.05, 4.69) is 22.0 Å². The first-order valence-corrected chi connectivity index (χ1v) is 7.31. The lowest BCUT2D eigenvalue weighted by Crippen LogP contribution is -2.19. The molecule has 0 unspecified atom stereocenters. The van der Waals surface area contributed by atoms with Gasteiger partial charge in [0.1, 0.15) is 0 Å². The van der Waals surface area contributed by atoms with Crippen LogP contribution < -0.4 is 4.90 Å². The fraction of sp³-hybridized carbons (Fsp3) is 0.176. The summed E-state index contributed by atoms with van der Waals surface area (Å²) in [5.74, 6) is -0.00264. The largest absolute Gasteiger partial charge is 0.370 e. The monoisotopic (exact) mass is 342 g/mol. The van der Waals surface area contributed by atoms with Gasteiger partial charge >= 0.3 is 0 Å². The average Bonchev–Trinajstić information content (AvgIpc) is 2.48. The Labute approximate surface area is 132 Å². The smallest absolute Gasteiger partial charge is 0.161 e. The molecular weight excluding hydrogens is 328 g/mol. The van der Waals surface area contributed by atoms with E-state index in [1.807, 2.05) is 36.2 Å². The third-order valence-corrected chi connectivity index (χ3v) is 3.78. The molecule has 0 saturated heterocycles. The Hall–Kier alpha value is -2.12. The molecule has 0 aromatic heterocycles. The number of nitrogens with zero attached hydrogens (tertiary/aromatic N) is 2. The Bertz CT molecular complexity index is 702. The van der Waals surface area contributed by atoms with Crippen LogP contribution >= 0.6 is 15.9 Å². The van der Waals surface area contributed by atoms with Gasteiger partial charge in [-0.25, -0.2) is 0 Å². The van der Waals surface area contributed by atoms with Crippen molar-refractivity contribution in [1.29, 1.82) is 5.26 Å². The van der Waals surface area contributed by atoms with Crippen molar-refractivity contribution in [2.24, 2.45) is 0 Å². The predicted octanol–water partition coefficient (Wildman–Crippen LogP) is 4.16. The van der Waals surface area contributed by atoms with Crippen LogP contribution in [0.3, 0.4) is 0 Å². The first-order valence-electron chi connectivity index (χ1n) is 6.52. The fourth-order valence-electron chi connectivity index (χ4n) is 2.16. The van der Waals surface area contributed by atoms with Gasteiger partial charge in [0.2, 0.25) is 0 Å². The summed E-state index contributed by atoms with van der Waals surface area (Å²) in [6.07, 6.45) is 0. The number of benzene rings is 2. The second-order valence-electron chi connectivity index (χ2n) is 4.88. The van der Waals surface area contributed by atoms with Crippen LogP contribution in [0, 0.1) is 11.3 Å². The molecule has 3 nitrogen and oxygen atoms in total. The summed E-state index contributed by atoms with van der Waals surface area (Å²) in [6.45, 7) is 2.21. The highest BCUT2D eigenvalue weighted by Gasteiger charge is 2.12. The Morgan fingerprint density at radius 3 is 2.48 bits per heavy atom. The molecule has 0 amide bonds. The van der Waals surface area contributed by atoms with Gasteiger partial charge in [-0.15, -0.1) is 0 Å². The summed E-state index contributed by atoms with van der Waals surface area (Å²) in [5, 5.41) is 9.03. The highest BCUT2D eigenvalue weighted by Crippen LogP contribution is 2.24. The van der Waals surface area contributed by atoms with Crippen molar-refractivity contribution >= 4 is 27.4 Å². The number of hydrogen-bond acceptors (Lipinski definition) is 3. The number of halogens is 1. The molecule has 0 bridgehead atoms. The zero-order valence-electron chi connectivity index (χ0n) is 11.9. The van der Waals surface area contributed by atoms with Crippen LogP contribution in [0.1, 0.15) is 28.4 Å². The summed E-state index contributed by atoms with van der Waals surface area (Å²) in [5.41, 5.74) is 3.10. The van der Waals surface area contributed by atoms with Crippen LogP contribution in [0.4, 0.5) is 5.69 Å². The molecule has 0 spiro atoms. The van der Waals surface area contributed by atoms with Crippen molar-refractivity contribution in [3.63, 3.8) is 0 Å². The molecule has 2 aromatic carbocycles. The van der Waals surface area contributed by atoms with Gasteiger partial charge in [-0.2, -0.15) is 5.26 Å². The van der Waals surface area contributed by atoms with Crippen LogP contribution in [-0.2, 0) is 6.54 Å². The molecule has 2 rings (SSSR count). The predicted molar refractivity (Wildman–Crippen MR) is 87.4 cm³/mol. The summed E-state index contributed by atoms with van der Waals surface area (Å²) in [6, 6.07) is 15.3. The van der Waals surface area contributed by atoms with E-state index >= 15 is 0 Å². The van der Waals surface area contributed by atoms with Gasteiger partial charge in [0.05, 0.1) is 11.6 Å². The number of ketones is 1. The molecule has 0 aliphatic rings. The van der Waals surface area contributed by atoms with E-state index < -0.39 is 0 Å². The normalized spacial score (nSPS) is 10.0. The molecule has 0 saturated carbocycles. The number of Topliss-reactive ketones (excluding diaryl/α,β-unsaturated/α-hetero) is 1. The van der Waals surface area contributed by atoms with Crippen molar-refractivity contribution in [2.45, 2.75) is 13.5 Å². The third kappa shape index (κ3) is 3.71. The van der Waals surface area contributed by atoms with Crippen molar-refractivity contribution < 1.29 is 4.79 Å². The molecule has 0 aliphatic heterocycles. The van der Waals surface area contributed by atoms with E-state index in [0.717, 1.165) is 15.7 Å². The van der Waals surface area contributed by atoms with Crippen LogP contribution in [0.5, 0.6) is 0 Å². The SMILES string of the molecule is CC(=O)c1ccc(C#N)cc1N(C)Cc1ccc(Br)cc1. The topological polar surface area (TPSA) is 44.1 Å². The van der Waals surface area contributed by atoms with Gasteiger partial charge < -0.3 is 4.90 Å². The molecule has 0 aliphatic carbocycles. The van der Waals surface area contributed by atoms with Crippen molar-refractivity contribution in [3.05, 3.63) is 63.6 Å². The van der Waals surface area contributed by atoms with Crippen molar-refractivity contribution in [1.82, 2.24) is 0 Å². The average molecular weight is 343 g/mol. The molecular formula is C17H15BrN2O. The minimum absolute atomic E-state index is 0.00264. The van der Waals surface area contributed by atoms with Crippen LogP contribution in [0.2, 0.25) is 0 Å². The maximum atomic E-state index is 11.8. The van der Waals surface area contributed by atoms with E-state index in [9.17, 15) is 4.79 Å². The molecule has 0 N–H and O–H groups in total. The standard InChI is InChI=1S/C17H15BrN2O/c1-12(21)16-8-5-14(10-19)9-17(16)20(2)11-13-3-6-15(18)7-4-13/h3-9H,11H2,1-2H3. The first kappa shape index (κ1) is 15.3. The number of nitriles is 1. The Kier molecular flexibility index (Phi) is 4.77.